The van der Waals surface area contributed by atoms with Gasteiger partial charge in [0.05, 0.1) is 12.2 Å². The lowest BCUT2D eigenvalue weighted by Gasteiger charge is -2.19. The molecule has 2 N–H and O–H groups in total. The molecule has 100 valence electrons. The third-order valence-electron chi connectivity index (χ3n) is 2.64. The molecule has 0 fully saturated rings. The van der Waals surface area contributed by atoms with Gasteiger partial charge in [0, 0.05) is 20.1 Å². The molecule has 0 bridgehead atoms. The maximum absolute atomic E-state index is 11.5. The Labute approximate surface area is 109 Å². The number of amides is 1. The van der Waals surface area contributed by atoms with E-state index in [-0.39, 0.29) is 5.91 Å². The van der Waals surface area contributed by atoms with Gasteiger partial charge in [-0.3, -0.25) is 9.69 Å². The van der Waals surface area contributed by atoms with Crippen LogP contribution < -0.4 is 10.6 Å². The molecule has 0 saturated heterocycles. The van der Waals surface area contributed by atoms with Crippen molar-refractivity contribution in [3.05, 3.63) is 23.9 Å². The molecular weight excluding hydrogens is 228 g/mol. The first-order chi connectivity index (χ1) is 8.69. The van der Waals surface area contributed by atoms with E-state index in [9.17, 15) is 4.79 Å². The van der Waals surface area contributed by atoms with Gasteiger partial charge >= 0.3 is 0 Å². The molecule has 1 amide bonds. The molecule has 0 aromatic carbocycles. The predicted molar refractivity (Wildman–Crippen MR) is 73.4 cm³/mol. The number of pyridine rings is 1. The molecule has 18 heavy (non-hydrogen) atoms. The van der Waals surface area contributed by atoms with E-state index in [1.165, 1.54) is 0 Å². The predicted octanol–water partition coefficient (Wildman–Crippen LogP) is 1.08. The molecular formula is C13H22N4O. The summed E-state index contributed by atoms with van der Waals surface area (Å²) in [4.78, 5) is 18.1. The Bertz CT molecular complexity index is 381. The van der Waals surface area contributed by atoms with Gasteiger partial charge < -0.3 is 10.6 Å². The van der Waals surface area contributed by atoms with Crippen molar-refractivity contribution in [3.8, 4) is 0 Å². The first kappa shape index (κ1) is 14.4. The number of anilines is 1. The number of likely N-dealkylation sites (N-methyl/N-ethyl adjacent to an activating group) is 2. The second-order valence-corrected chi connectivity index (χ2v) is 4.02. The van der Waals surface area contributed by atoms with Crippen molar-refractivity contribution < 1.29 is 4.79 Å². The van der Waals surface area contributed by atoms with E-state index in [2.05, 4.69) is 20.5 Å². The van der Waals surface area contributed by atoms with Gasteiger partial charge in [0.2, 0.25) is 5.91 Å². The maximum atomic E-state index is 11.5. The van der Waals surface area contributed by atoms with Crippen molar-refractivity contribution in [2.45, 2.75) is 20.4 Å². The largest absolute Gasteiger partial charge is 0.373 e. The van der Waals surface area contributed by atoms with Crippen LogP contribution in [0.25, 0.3) is 0 Å². The molecule has 0 spiro atoms. The molecule has 1 rings (SSSR count). The second-order valence-electron chi connectivity index (χ2n) is 4.02. The summed E-state index contributed by atoms with van der Waals surface area (Å²) in [5.74, 6) is 0.908. The summed E-state index contributed by atoms with van der Waals surface area (Å²) in [5.41, 5.74) is 0.966. The minimum atomic E-state index is 0.0594. The summed E-state index contributed by atoms with van der Waals surface area (Å²) in [6.45, 7) is 6.55. The van der Waals surface area contributed by atoms with Gasteiger partial charge in [0.25, 0.3) is 0 Å². The fraction of sp³-hybridized carbons (Fsp3) is 0.538. The zero-order valence-corrected chi connectivity index (χ0v) is 11.4. The monoisotopic (exact) mass is 250 g/mol. The third-order valence-corrected chi connectivity index (χ3v) is 2.64. The Morgan fingerprint density at radius 3 is 2.78 bits per heavy atom. The standard InChI is InChI=1S/C13H22N4O/c1-4-15-13(18)10-17(5-2)9-11-7-6-8-12(14-3)16-11/h6-8H,4-5,9-10H2,1-3H3,(H,14,16)(H,15,18). The summed E-state index contributed by atoms with van der Waals surface area (Å²) in [6, 6.07) is 5.86. The number of aromatic nitrogens is 1. The summed E-state index contributed by atoms with van der Waals surface area (Å²) in [6.07, 6.45) is 0. The number of carbonyl (C=O) groups excluding carboxylic acids is 1. The van der Waals surface area contributed by atoms with Crippen LogP contribution in [0.3, 0.4) is 0 Å². The fourth-order valence-electron chi connectivity index (χ4n) is 1.67. The number of nitrogens with one attached hydrogen (secondary N) is 2. The molecule has 0 aliphatic carbocycles. The average Bonchev–Trinajstić information content (AvgIpc) is 2.38. The topological polar surface area (TPSA) is 57.3 Å². The normalized spacial score (nSPS) is 10.4. The Balaban J connectivity index is 2.58. The number of hydrogen-bond acceptors (Lipinski definition) is 4. The second kappa shape index (κ2) is 7.66. The molecule has 0 aliphatic rings. The first-order valence-corrected chi connectivity index (χ1v) is 6.32. The van der Waals surface area contributed by atoms with E-state index >= 15 is 0 Å². The highest BCUT2D eigenvalue weighted by molar-refractivity contribution is 5.77. The van der Waals surface area contributed by atoms with E-state index in [0.717, 1.165) is 18.1 Å². The number of carbonyl (C=O) groups is 1. The van der Waals surface area contributed by atoms with Crippen molar-refractivity contribution in [1.29, 1.82) is 0 Å². The van der Waals surface area contributed by atoms with E-state index in [1.54, 1.807) is 0 Å². The molecule has 0 radical (unpaired) electrons. The summed E-state index contributed by atoms with van der Waals surface area (Å²) in [5, 5.41) is 5.82. The number of nitrogens with zero attached hydrogens (tertiary/aromatic N) is 2. The van der Waals surface area contributed by atoms with Gasteiger partial charge in [0.15, 0.2) is 0 Å². The van der Waals surface area contributed by atoms with Gasteiger partial charge in [-0.15, -0.1) is 0 Å². The smallest absolute Gasteiger partial charge is 0.234 e. The first-order valence-electron chi connectivity index (χ1n) is 6.32. The Kier molecular flexibility index (Phi) is 6.14. The number of hydrogen-bond donors (Lipinski definition) is 2. The highest BCUT2D eigenvalue weighted by Crippen LogP contribution is 2.06. The zero-order valence-electron chi connectivity index (χ0n) is 11.4. The van der Waals surface area contributed by atoms with E-state index in [1.807, 2.05) is 39.1 Å². The van der Waals surface area contributed by atoms with E-state index < -0.39 is 0 Å². The SMILES string of the molecule is CCNC(=O)CN(CC)Cc1cccc(NC)n1. The molecule has 0 atom stereocenters. The Morgan fingerprint density at radius 2 is 2.17 bits per heavy atom. The molecule has 0 aliphatic heterocycles. The van der Waals surface area contributed by atoms with Gasteiger partial charge in [-0.05, 0) is 25.6 Å². The van der Waals surface area contributed by atoms with Crippen LogP contribution in [0, 0.1) is 0 Å². The van der Waals surface area contributed by atoms with Crippen molar-refractivity contribution in [2.75, 3.05) is 32.0 Å². The minimum Gasteiger partial charge on any atom is -0.373 e. The van der Waals surface area contributed by atoms with E-state index in [4.69, 9.17) is 0 Å². The highest BCUT2D eigenvalue weighted by Gasteiger charge is 2.09. The lowest BCUT2D eigenvalue weighted by atomic mass is 10.3. The summed E-state index contributed by atoms with van der Waals surface area (Å²) < 4.78 is 0. The van der Waals surface area contributed by atoms with Crippen LogP contribution in [-0.4, -0.2) is 42.5 Å². The van der Waals surface area contributed by atoms with Crippen molar-refractivity contribution in [3.63, 3.8) is 0 Å². The quantitative estimate of drug-likeness (QED) is 0.760. The van der Waals surface area contributed by atoms with Crippen LogP contribution in [0.2, 0.25) is 0 Å². The third kappa shape index (κ3) is 4.71. The Morgan fingerprint density at radius 1 is 1.39 bits per heavy atom. The Hall–Kier alpha value is -1.62. The van der Waals surface area contributed by atoms with Gasteiger partial charge in [-0.1, -0.05) is 13.0 Å². The zero-order chi connectivity index (χ0) is 13.4. The van der Waals surface area contributed by atoms with E-state index in [0.29, 0.717) is 19.6 Å². The fourth-order valence-corrected chi connectivity index (χ4v) is 1.67. The highest BCUT2D eigenvalue weighted by atomic mass is 16.2. The molecule has 0 saturated carbocycles. The molecule has 5 nitrogen and oxygen atoms in total. The van der Waals surface area contributed by atoms with Crippen LogP contribution in [0.5, 0.6) is 0 Å². The van der Waals surface area contributed by atoms with Crippen LogP contribution in [-0.2, 0) is 11.3 Å². The lowest BCUT2D eigenvalue weighted by Crippen LogP contribution is -2.36. The lowest BCUT2D eigenvalue weighted by molar-refractivity contribution is -0.122. The number of rotatable bonds is 7. The van der Waals surface area contributed by atoms with Crippen LogP contribution in [0.1, 0.15) is 19.5 Å². The maximum Gasteiger partial charge on any atom is 0.234 e. The van der Waals surface area contributed by atoms with Crippen LogP contribution in [0.15, 0.2) is 18.2 Å². The van der Waals surface area contributed by atoms with Crippen molar-refractivity contribution in [2.24, 2.45) is 0 Å². The minimum absolute atomic E-state index is 0.0594. The van der Waals surface area contributed by atoms with Gasteiger partial charge in [-0.25, -0.2) is 4.98 Å². The molecule has 1 aromatic rings. The average molecular weight is 250 g/mol. The van der Waals surface area contributed by atoms with Crippen molar-refractivity contribution in [1.82, 2.24) is 15.2 Å². The van der Waals surface area contributed by atoms with Crippen LogP contribution >= 0.6 is 0 Å². The molecule has 5 heteroatoms. The van der Waals surface area contributed by atoms with Gasteiger partial charge in [-0.2, -0.15) is 0 Å². The summed E-state index contributed by atoms with van der Waals surface area (Å²) >= 11 is 0. The summed E-state index contributed by atoms with van der Waals surface area (Å²) in [7, 11) is 1.85. The van der Waals surface area contributed by atoms with Crippen molar-refractivity contribution >= 4 is 11.7 Å². The van der Waals surface area contributed by atoms with Crippen LogP contribution in [0.4, 0.5) is 5.82 Å². The molecule has 1 heterocycles. The molecule has 1 aromatic heterocycles. The molecule has 0 unspecified atom stereocenters. The van der Waals surface area contributed by atoms with Gasteiger partial charge in [0.1, 0.15) is 5.82 Å².